The van der Waals surface area contributed by atoms with Crippen LogP contribution in [-0.4, -0.2) is 6.29 Å². The zero-order chi connectivity index (χ0) is 6.69. The number of benzene rings is 1. The van der Waals surface area contributed by atoms with E-state index in [0.29, 0.717) is 11.8 Å². The third-order valence-electron chi connectivity index (χ3n) is 0.935. The molecule has 0 N–H and O–H groups in total. The van der Waals surface area contributed by atoms with Gasteiger partial charge in [-0.25, -0.2) is 4.39 Å². The molecule has 0 aliphatic rings. The lowest BCUT2D eigenvalue weighted by Gasteiger charge is -1.85. The molecule has 1 aromatic rings. The van der Waals surface area contributed by atoms with Crippen molar-refractivity contribution in [3.63, 3.8) is 0 Å². The molecular weight excluding hydrogens is 119 g/mol. The van der Waals surface area contributed by atoms with Gasteiger partial charge in [-0.3, -0.25) is 4.79 Å². The lowest BCUT2D eigenvalue weighted by Crippen LogP contribution is -1.78. The fourth-order valence-electron chi connectivity index (χ4n) is 0.491. The highest BCUT2D eigenvalue weighted by molar-refractivity contribution is 5.74. The van der Waals surface area contributed by atoms with Gasteiger partial charge in [0, 0.05) is 11.6 Å². The van der Waals surface area contributed by atoms with E-state index < -0.39 is 5.82 Å². The van der Waals surface area contributed by atoms with Gasteiger partial charge in [0.05, 0.1) is 0 Å². The Labute approximate surface area is 52.1 Å². The van der Waals surface area contributed by atoms with E-state index in [0.717, 1.165) is 0 Å². The van der Waals surface area contributed by atoms with Gasteiger partial charge in [-0.2, -0.15) is 0 Å². The summed E-state index contributed by atoms with van der Waals surface area (Å²) >= 11 is 0. The van der Waals surface area contributed by atoms with Crippen molar-refractivity contribution in [2.75, 3.05) is 0 Å². The van der Waals surface area contributed by atoms with Gasteiger partial charge in [0.1, 0.15) is 12.1 Å². The summed E-state index contributed by atoms with van der Waals surface area (Å²) in [7, 11) is 0. The van der Waals surface area contributed by atoms with E-state index in [4.69, 9.17) is 0 Å². The quantitative estimate of drug-likeness (QED) is 0.516. The predicted octanol–water partition coefficient (Wildman–Crippen LogP) is 1.44. The molecule has 0 fully saturated rings. The monoisotopic (exact) mass is 123 g/mol. The van der Waals surface area contributed by atoms with Crippen LogP contribution in [0.5, 0.6) is 0 Å². The summed E-state index contributed by atoms with van der Waals surface area (Å²) in [6, 6.07) is 6.16. The number of halogens is 1. The van der Waals surface area contributed by atoms with Crippen LogP contribution in [-0.2, 0) is 0 Å². The molecule has 9 heavy (non-hydrogen) atoms. The summed E-state index contributed by atoms with van der Waals surface area (Å²) in [6.07, 6.45) is 0.649. The third-order valence-corrected chi connectivity index (χ3v) is 0.935. The normalized spacial score (nSPS) is 9.00. The predicted molar refractivity (Wildman–Crippen MR) is 30.6 cm³/mol. The molecule has 0 heterocycles. The molecule has 0 saturated carbocycles. The molecule has 1 rings (SSSR count). The molecule has 1 nitrogen and oxygen atoms in total. The van der Waals surface area contributed by atoms with E-state index in [1.807, 2.05) is 0 Å². The van der Waals surface area contributed by atoms with Gasteiger partial charge < -0.3 is 0 Å². The Morgan fingerprint density at radius 2 is 2.33 bits per heavy atom. The summed E-state index contributed by atoms with van der Waals surface area (Å²) in [4.78, 5) is 9.98. The van der Waals surface area contributed by atoms with Gasteiger partial charge in [-0.05, 0) is 18.2 Å². The van der Waals surface area contributed by atoms with E-state index in [1.54, 1.807) is 0 Å². The van der Waals surface area contributed by atoms with Crippen LogP contribution < -0.4 is 0 Å². The first kappa shape index (κ1) is 5.95. The summed E-state index contributed by atoms with van der Waals surface area (Å²) in [5, 5.41) is 0. The fourth-order valence-corrected chi connectivity index (χ4v) is 0.491. The molecule has 0 aliphatic carbocycles. The Bertz CT molecular complexity index is 203. The maximum Gasteiger partial charge on any atom is 0.150 e. The second-order valence-corrected chi connectivity index (χ2v) is 1.59. The molecular formula is C7H4FO. The van der Waals surface area contributed by atoms with Gasteiger partial charge in [0.15, 0.2) is 0 Å². The minimum absolute atomic E-state index is 0.441. The first-order chi connectivity index (χ1) is 4.33. The summed E-state index contributed by atoms with van der Waals surface area (Å²) < 4.78 is 12.1. The molecule has 0 atom stereocenters. The standard InChI is InChI=1S/C7H4FO/c8-7-3-1-6(5-9)2-4-7/h1-3,5H. The minimum atomic E-state index is -0.444. The first-order valence-electron chi connectivity index (χ1n) is 2.45. The molecule has 0 bridgehead atoms. The lowest BCUT2D eigenvalue weighted by molar-refractivity contribution is 0.112. The number of hydrogen-bond acceptors (Lipinski definition) is 1. The van der Waals surface area contributed by atoms with Crippen LogP contribution >= 0.6 is 0 Å². The zero-order valence-electron chi connectivity index (χ0n) is 4.60. The van der Waals surface area contributed by atoms with Gasteiger partial charge in [0.25, 0.3) is 0 Å². The molecule has 2 heteroatoms. The highest BCUT2D eigenvalue weighted by Gasteiger charge is 1.88. The van der Waals surface area contributed by atoms with E-state index in [-0.39, 0.29) is 0 Å². The van der Waals surface area contributed by atoms with Crippen molar-refractivity contribution in [3.8, 4) is 0 Å². The van der Waals surface area contributed by atoms with Crippen molar-refractivity contribution < 1.29 is 9.18 Å². The van der Waals surface area contributed by atoms with Gasteiger partial charge in [-0.1, -0.05) is 0 Å². The average molecular weight is 123 g/mol. The van der Waals surface area contributed by atoms with Crippen LogP contribution in [0.2, 0.25) is 0 Å². The largest absolute Gasteiger partial charge is 0.298 e. The molecule has 0 aromatic heterocycles. The van der Waals surface area contributed by atoms with Crippen molar-refractivity contribution in [1.82, 2.24) is 0 Å². The Hall–Kier alpha value is -1.18. The summed E-state index contributed by atoms with van der Waals surface area (Å²) in [6.45, 7) is 0. The molecule has 0 spiro atoms. The van der Waals surface area contributed by atoms with Crippen LogP contribution in [0, 0.1) is 11.9 Å². The second-order valence-electron chi connectivity index (χ2n) is 1.59. The number of rotatable bonds is 1. The molecule has 0 unspecified atom stereocenters. The lowest BCUT2D eigenvalue weighted by atomic mass is 10.2. The molecule has 0 saturated heterocycles. The molecule has 1 aromatic carbocycles. The van der Waals surface area contributed by atoms with E-state index >= 15 is 0 Å². The van der Waals surface area contributed by atoms with Crippen LogP contribution in [0.4, 0.5) is 4.39 Å². The van der Waals surface area contributed by atoms with Crippen molar-refractivity contribution >= 4 is 6.29 Å². The van der Waals surface area contributed by atoms with Crippen LogP contribution in [0.3, 0.4) is 0 Å². The maximum atomic E-state index is 12.1. The molecule has 1 radical (unpaired) electrons. The van der Waals surface area contributed by atoms with E-state index in [9.17, 15) is 9.18 Å². The van der Waals surface area contributed by atoms with Crippen LogP contribution in [0.15, 0.2) is 18.2 Å². The van der Waals surface area contributed by atoms with Crippen LogP contribution in [0.25, 0.3) is 0 Å². The van der Waals surface area contributed by atoms with Gasteiger partial charge in [-0.15, -0.1) is 0 Å². The number of carbonyl (C=O) groups excluding carboxylic acids is 1. The Kier molecular flexibility index (Phi) is 1.58. The molecule has 0 amide bonds. The number of carbonyl (C=O) groups is 1. The Balaban J connectivity index is 3.01. The highest BCUT2D eigenvalue weighted by Crippen LogP contribution is 1.97. The molecule has 0 aliphatic heterocycles. The van der Waals surface area contributed by atoms with Gasteiger partial charge >= 0.3 is 0 Å². The minimum Gasteiger partial charge on any atom is -0.298 e. The molecule has 45 valence electrons. The smallest absolute Gasteiger partial charge is 0.150 e. The second kappa shape index (κ2) is 2.40. The number of hydrogen-bond donors (Lipinski definition) is 0. The fraction of sp³-hybridized carbons (Fsp3) is 0. The highest BCUT2D eigenvalue weighted by atomic mass is 19.1. The number of aldehydes is 1. The van der Waals surface area contributed by atoms with Crippen molar-refractivity contribution in [2.45, 2.75) is 0 Å². The topological polar surface area (TPSA) is 17.1 Å². The van der Waals surface area contributed by atoms with Crippen LogP contribution in [0.1, 0.15) is 10.4 Å². The Morgan fingerprint density at radius 3 is 2.78 bits per heavy atom. The van der Waals surface area contributed by atoms with Gasteiger partial charge in [0.2, 0.25) is 0 Å². The van der Waals surface area contributed by atoms with Crippen molar-refractivity contribution in [3.05, 3.63) is 35.6 Å². The van der Waals surface area contributed by atoms with Crippen molar-refractivity contribution in [1.29, 1.82) is 0 Å². The maximum absolute atomic E-state index is 12.1. The third kappa shape index (κ3) is 1.35. The SMILES string of the molecule is O=Cc1c[c]c(F)cc1. The summed E-state index contributed by atoms with van der Waals surface area (Å²) in [5.74, 6) is -0.444. The zero-order valence-corrected chi connectivity index (χ0v) is 4.60. The van der Waals surface area contributed by atoms with E-state index in [2.05, 4.69) is 6.07 Å². The summed E-state index contributed by atoms with van der Waals surface area (Å²) in [5.41, 5.74) is 0.441. The van der Waals surface area contributed by atoms with Crippen molar-refractivity contribution in [2.24, 2.45) is 0 Å². The average Bonchev–Trinajstić information content (AvgIpc) is 1.90. The first-order valence-corrected chi connectivity index (χ1v) is 2.45. The Morgan fingerprint density at radius 1 is 1.56 bits per heavy atom. The van der Waals surface area contributed by atoms with E-state index in [1.165, 1.54) is 18.2 Å².